The number of likely N-dealkylation sites (tertiary alicyclic amines) is 1. The van der Waals surface area contributed by atoms with E-state index in [0.29, 0.717) is 5.91 Å². The van der Waals surface area contributed by atoms with E-state index in [0.717, 1.165) is 37.4 Å². The molecule has 1 heterocycles. The number of hydrogen-bond donors (Lipinski definition) is 1. The van der Waals surface area contributed by atoms with Gasteiger partial charge in [-0.3, -0.25) is 4.79 Å². The van der Waals surface area contributed by atoms with Gasteiger partial charge in [-0.25, -0.2) is 0 Å². The molecular formula is C12H16N2OS. The Kier molecular flexibility index (Phi) is 3.72. The lowest BCUT2D eigenvalue weighted by molar-refractivity contribution is -0.127. The van der Waals surface area contributed by atoms with Crippen LogP contribution in [0, 0.1) is 0 Å². The number of nitrogen functional groups attached to an aromatic ring is 1. The highest BCUT2D eigenvalue weighted by Gasteiger charge is 2.18. The quantitative estimate of drug-likeness (QED) is 0.642. The monoisotopic (exact) mass is 236 g/mol. The van der Waals surface area contributed by atoms with E-state index >= 15 is 0 Å². The van der Waals surface area contributed by atoms with Crippen molar-refractivity contribution in [2.75, 3.05) is 24.6 Å². The number of nitrogens with two attached hydrogens (primary N) is 1. The minimum Gasteiger partial charge on any atom is -0.399 e. The van der Waals surface area contributed by atoms with Gasteiger partial charge < -0.3 is 10.6 Å². The third-order valence-corrected chi connectivity index (χ3v) is 3.67. The van der Waals surface area contributed by atoms with Crippen LogP contribution in [0.3, 0.4) is 0 Å². The Morgan fingerprint density at radius 3 is 2.69 bits per heavy atom. The molecular weight excluding hydrogens is 220 g/mol. The van der Waals surface area contributed by atoms with E-state index in [-0.39, 0.29) is 0 Å². The van der Waals surface area contributed by atoms with Crippen LogP contribution in [0.2, 0.25) is 0 Å². The highest BCUT2D eigenvalue weighted by molar-refractivity contribution is 7.99. The first-order valence-electron chi connectivity index (χ1n) is 5.52. The summed E-state index contributed by atoms with van der Waals surface area (Å²) >= 11 is 1.77. The zero-order valence-electron chi connectivity index (χ0n) is 9.19. The molecule has 0 spiro atoms. The van der Waals surface area contributed by atoms with E-state index in [1.54, 1.807) is 11.8 Å². The van der Waals surface area contributed by atoms with E-state index in [1.165, 1.54) is 4.90 Å². The number of carbonyl (C=O) groups is 1. The summed E-state index contributed by atoms with van der Waals surface area (Å²) in [7, 11) is 0. The van der Waals surface area contributed by atoms with Crippen LogP contribution >= 0.6 is 11.8 Å². The molecule has 86 valence electrons. The lowest BCUT2D eigenvalue weighted by Gasteiger charge is -2.14. The van der Waals surface area contributed by atoms with E-state index in [1.807, 2.05) is 29.2 Å². The number of hydrogen-bond acceptors (Lipinski definition) is 3. The molecule has 1 fully saturated rings. The number of amides is 1. The van der Waals surface area contributed by atoms with Crippen LogP contribution in [0.4, 0.5) is 5.69 Å². The number of carbonyl (C=O) groups excluding carboxylic acids is 1. The molecule has 1 saturated heterocycles. The molecule has 0 saturated carbocycles. The van der Waals surface area contributed by atoms with Crippen molar-refractivity contribution in [2.45, 2.75) is 17.7 Å². The molecule has 1 amide bonds. The summed E-state index contributed by atoms with van der Waals surface area (Å²) in [6.45, 7) is 1.79. The first-order valence-corrected chi connectivity index (χ1v) is 6.50. The molecule has 3 nitrogen and oxygen atoms in total. The van der Waals surface area contributed by atoms with E-state index in [4.69, 9.17) is 5.73 Å². The molecule has 0 bridgehead atoms. The molecule has 0 aromatic heterocycles. The smallest absolute Gasteiger partial charge is 0.222 e. The van der Waals surface area contributed by atoms with Gasteiger partial charge in [-0.15, -0.1) is 11.8 Å². The largest absolute Gasteiger partial charge is 0.399 e. The van der Waals surface area contributed by atoms with Crippen molar-refractivity contribution < 1.29 is 4.79 Å². The SMILES string of the molecule is Nc1ccc(SCCN2CCCC2=O)cc1. The lowest BCUT2D eigenvalue weighted by Crippen LogP contribution is -2.26. The third-order valence-electron chi connectivity index (χ3n) is 2.68. The summed E-state index contributed by atoms with van der Waals surface area (Å²) in [5, 5.41) is 0. The van der Waals surface area contributed by atoms with Crippen LogP contribution in [0.1, 0.15) is 12.8 Å². The second-order valence-electron chi connectivity index (χ2n) is 3.90. The summed E-state index contributed by atoms with van der Waals surface area (Å²) in [5.74, 6) is 1.26. The fourth-order valence-corrected chi connectivity index (χ4v) is 2.65. The predicted molar refractivity (Wildman–Crippen MR) is 67.4 cm³/mol. The molecule has 1 aromatic rings. The molecule has 16 heavy (non-hydrogen) atoms. The van der Waals surface area contributed by atoms with E-state index in [9.17, 15) is 4.79 Å². The average molecular weight is 236 g/mol. The van der Waals surface area contributed by atoms with Gasteiger partial charge in [0.2, 0.25) is 5.91 Å². The third kappa shape index (κ3) is 2.92. The van der Waals surface area contributed by atoms with Crippen LogP contribution < -0.4 is 5.73 Å². The van der Waals surface area contributed by atoms with Gasteiger partial charge in [-0.05, 0) is 30.7 Å². The predicted octanol–water partition coefficient (Wildman–Crippen LogP) is 1.98. The van der Waals surface area contributed by atoms with Gasteiger partial charge in [0.1, 0.15) is 0 Å². The summed E-state index contributed by atoms with van der Waals surface area (Å²) in [6, 6.07) is 7.85. The molecule has 4 heteroatoms. The number of nitrogens with zero attached hydrogens (tertiary/aromatic N) is 1. The molecule has 1 aliphatic rings. The number of rotatable bonds is 4. The van der Waals surface area contributed by atoms with Gasteiger partial charge in [0, 0.05) is 35.8 Å². The van der Waals surface area contributed by atoms with Crippen molar-refractivity contribution in [1.29, 1.82) is 0 Å². The summed E-state index contributed by atoms with van der Waals surface area (Å²) in [6.07, 6.45) is 1.75. The maximum atomic E-state index is 11.4. The Balaban J connectivity index is 1.75. The van der Waals surface area contributed by atoms with Crippen molar-refractivity contribution in [3.05, 3.63) is 24.3 Å². The van der Waals surface area contributed by atoms with Crippen LogP contribution in [0.15, 0.2) is 29.2 Å². The maximum Gasteiger partial charge on any atom is 0.222 e. The van der Waals surface area contributed by atoms with Gasteiger partial charge in [0.25, 0.3) is 0 Å². The molecule has 1 aliphatic heterocycles. The number of anilines is 1. The summed E-state index contributed by atoms with van der Waals surface area (Å²) in [5.41, 5.74) is 6.40. The van der Waals surface area contributed by atoms with Crippen molar-refractivity contribution in [1.82, 2.24) is 4.90 Å². The second-order valence-corrected chi connectivity index (χ2v) is 5.07. The van der Waals surface area contributed by atoms with Crippen LogP contribution in [-0.4, -0.2) is 29.6 Å². The summed E-state index contributed by atoms with van der Waals surface area (Å²) < 4.78 is 0. The highest BCUT2D eigenvalue weighted by atomic mass is 32.2. The topological polar surface area (TPSA) is 46.3 Å². The van der Waals surface area contributed by atoms with Gasteiger partial charge in [-0.2, -0.15) is 0 Å². The molecule has 2 rings (SSSR count). The van der Waals surface area contributed by atoms with Gasteiger partial charge >= 0.3 is 0 Å². The van der Waals surface area contributed by atoms with Gasteiger partial charge in [0.15, 0.2) is 0 Å². The first-order chi connectivity index (χ1) is 7.75. The molecule has 1 aromatic carbocycles. The van der Waals surface area contributed by atoms with Crippen molar-refractivity contribution in [3.8, 4) is 0 Å². The Bertz CT molecular complexity index is 364. The van der Waals surface area contributed by atoms with Crippen molar-refractivity contribution in [3.63, 3.8) is 0 Å². The van der Waals surface area contributed by atoms with E-state index in [2.05, 4.69) is 0 Å². The standard InChI is InChI=1S/C12H16N2OS/c13-10-3-5-11(6-4-10)16-9-8-14-7-1-2-12(14)15/h3-6H,1-2,7-9,13H2. The number of thioether (sulfide) groups is 1. The van der Waals surface area contributed by atoms with E-state index < -0.39 is 0 Å². The second kappa shape index (κ2) is 5.25. The number of benzene rings is 1. The minimum atomic E-state index is 0.304. The molecule has 0 unspecified atom stereocenters. The average Bonchev–Trinajstić information content (AvgIpc) is 2.68. The van der Waals surface area contributed by atoms with Gasteiger partial charge in [0.05, 0.1) is 0 Å². The fourth-order valence-electron chi connectivity index (χ4n) is 1.78. The zero-order valence-corrected chi connectivity index (χ0v) is 10.0. The Hall–Kier alpha value is -1.16. The molecule has 2 N–H and O–H groups in total. The van der Waals surface area contributed by atoms with Crippen molar-refractivity contribution >= 4 is 23.4 Å². The van der Waals surface area contributed by atoms with Crippen LogP contribution in [-0.2, 0) is 4.79 Å². The van der Waals surface area contributed by atoms with Crippen molar-refractivity contribution in [2.24, 2.45) is 0 Å². The first kappa shape index (κ1) is 11.3. The highest BCUT2D eigenvalue weighted by Crippen LogP contribution is 2.20. The maximum absolute atomic E-state index is 11.4. The zero-order chi connectivity index (χ0) is 11.4. The Morgan fingerprint density at radius 1 is 1.31 bits per heavy atom. The molecule has 0 aliphatic carbocycles. The molecule has 0 atom stereocenters. The lowest BCUT2D eigenvalue weighted by atomic mass is 10.3. The Morgan fingerprint density at radius 2 is 2.06 bits per heavy atom. The minimum absolute atomic E-state index is 0.304. The summed E-state index contributed by atoms with van der Waals surface area (Å²) in [4.78, 5) is 14.5. The Labute approximate surface area is 100.0 Å². The molecule has 0 radical (unpaired) electrons. The normalized spacial score (nSPS) is 15.8. The van der Waals surface area contributed by atoms with Crippen LogP contribution in [0.25, 0.3) is 0 Å². The van der Waals surface area contributed by atoms with Crippen LogP contribution in [0.5, 0.6) is 0 Å². The van der Waals surface area contributed by atoms with Gasteiger partial charge in [-0.1, -0.05) is 0 Å². The fraction of sp³-hybridized carbons (Fsp3) is 0.417.